The van der Waals surface area contributed by atoms with Crippen molar-refractivity contribution in [3.8, 4) is 0 Å². The van der Waals surface area contributed by atoms with Gasteiger partial charge < -0.3 is 9.80 Å². The lowest BCUT2D eigenvalue weighted by Gasteiger charge is -2.38. The Kier molecular flexibility index (Phi) is 10.8. The van der Waals surface area contributed by atoms with Crippen LogP contribution in [-0.4, -0.2) is 37.0 Å². The molecule has 1 saturated heterocycles. The summed E-state index contributed by atoms with van der Waals surface area (Å²) in [5.74, 6) is 0.214. The third-order valence-corrected chi connectivity index (χ3v) is 8.22. The highest BCUT2D eigenvalue weighted by atomic mass is 35.5. The van der Waals surface area contributed by atoms with E-state index in [-0.39, 0.29) is 36.0 Å². The Hall–Kier alpha value is -2.17. The highest BCUT2D eigenvalue weighted by Gasteiger charge is 2.34. The zero-order valence-corrected chi connectivity index (χ0v) is 23.8. The van der Waals surface area contributed by atoms with Gasteiger partial charge in [-0.15, -0.1) is 12.4 Å². The summed E-state index contributed by atoms with van der Waals surface area (Å²) in [4.78, 5) is 17.7. The molecule has 0 radical (unpaired) electrons. The molecule has 202 valence electrons. The Labute approximate surface area is 229 Å². The number of benzene rings is 2. The second kappa shape index (κ2) is 13.6. The molecule has 5 heteroatoms. The topological polar surface area (TPSA) is 23.6 Å². The van der Waals surface area contributed by atoms with E-state index in [9.17, 15) is 9.18 Å². The number of carbonyl (C=O) groups excluding carboxylic acids is 1. The van der Waals surface area contributed by atoms with Gasteiger partial charge in [0.05, 0.1) is 0 Å². The van der Waals surface area contributed by atoms with Crippen LogP contribution in [0, 0.1) is 31.5 Å². The van der Waals surface area contributed by atoms with Crippen LogP contribution in [0.25, 0.3) is 6.08 Å². The van der Waals surface area contributed by atoms with E-state index in [1.807, 2.05) is 24.0 Å². The second-order valence-corrected chi connectivity index (χ2v) is 11.2. The summed E-state index contributed by atoms with van der Waals surface area (Å²) in [5.41, 5.74) is 5.21. The van der Waals surface area contributed by atoms with Crippen LogP contribution in [0.15, 0.2) is 42.5 Å². The van der Waals surface area contributed by atoms with Crippen molar-refractivity contribution in [1.82, 2.24) is 4.90 Å². The predicted octanol–water partition coefficient (Wildman–Crippen LogP) is 7.76. The molecule has 2 aromatic rings. The zero-order chi connectivity index (χ0) is 25.7. The van der Waals surface area contributed by atoms with Crippen LogP contribution >= 0.6 is 12.4 Å². The molecular formula is C32H44ClFN2O. The van der Waals surface area contributed by atoms with Gasteiger partial charge in [0.15, 0.2) is 0 Å². The fourth-order valence-electron chi connectivity index (χ4n) is 6.33. The summed E-state index contributed by atoms with van der Waals surface area (Å²) in [5, 5.41) is 0. The lowest BCUT2D eigenvalue weighted by molar-refractivity contribution is -0.124. The van der Waals surface area contributed by atoms with Crippen molar-refractivity contribution < 1.29 is 9.18 Å². The molecule has 3 nitrogen and oxygen atoms in total. The van der Waals surface area contributed by atoms with Crippen molar-refractivity contribution in [2.24, 2.45) is 11.8 Å². The normalized spacial score (nSPS) is 21.0. The summed E-state index contributed by atoms with van der Waals surface area (Å²) in [6.07, 6.45) is 13.8. The molecule has 0 spiro atoms. The summed E-state index contributed by atoms with van der Waals surface area (Å²) in [7, 11) is 2.27. The molecule has 1 amide bonds. The van der Waals surface area contributed by atoms with Crippen LogP contribution in [0.5, 0.6) is 0 Å². The number of rotatable bonds is 8. The van der Waals surface area contributed by atoms with Crippen LogP contribution in [-0.2, 0) is 11.2 Å². The van der Waals surface area contributed by atoms with Gasteiger partial charge in [0.25, 0.3) is 0 Å². The number of piperidine rings is 1. The maximum absolute atomic E-state index is 14.3. The number of carbonyl (C=O) groups is 1. The average Bonchev–Trinajstić information content (AvgIpc) is 2.86. The lowest BCUT2D eigenvalue weighted by Crippen LogP contribution is -2.46. The average molecular weight is 527 g/mol. The molecule has 1 heterocycles. The molecule has 0 aromatic heterocycles. The second-order valence-electron chi connectivity index (χ2n) is 11.2. The molecule has 0 bridgehead atoms. The van der Waals surface area contributed by atoms with Crippen LogP contribution in [0.1, 0.15) is 74.1 Å². The molecule has 1 aliphatic carbocycles. The minimum absolute atomic E-state index is 0. The SMILES string of the molecule is Cc1cc(/C=C/CCN(C)C2CCCCC2)cc(C)c1N1C[C@@H](Cc2ccccc2F)C[C@@H](C)C1=O.Cl. The van der Waals surface area contributed by atoms with Gasteiger partial charge in [0.2, 0.25) is 5.91 Å². The van der Waals surface area contributed by atoms with Gasteiger partial charge >= 0.3 is 0 Å². The highest BCUT2D eigenvalue weighted by molar-refractivity contribution is 5.97. The maximum atomic E-state index is 14.3. The monoisotopic (exact) mass is 526 g/mol. The Morgan fingerprint density at radius 2 is 1.76 bits per heavy atom. The van der Waals surface area contributed by atoms with Gasteiger partial charge in [-0.2, -0.15) is 0 Å². The molecule has 0 unspecified atom stereocenters. The first-order valence-corrected chi connectivity index (χ1v) is 13.9. The van der Waals surface area contributed by atoms with Gasteiger partial charge in [-0.3, -0.25) is 4.79 Å². The molecule has 0 N–H and O–H groups in total. The highest BCUT2D eigenvalue weighted by Crippen LogP contribution is 2.34. The van der Waals surface area contributed by atoms with E-state index in [4.69, 9.17) is 0 Å². The largest absolute Gasteiger partial charge is 0.311 e. The lowest BCUT2D eigenvalue weighted by atomic mass is 9.84. The van der Waals surface area contributed by atoms with E-state index in [1.54, 1.807) is 6.07 Å². The quantitative estimate of drug-likeness (QED) is 0.351. The van der Waals surface area contributed by atoms with Crippen molar-refractivity contribution in [3.05, 3.63) is 70.5 Å². The molecular weight excluding hydrogens is 483 g/mol. The first-order chi connectivity index (χ1) is 17.3. The first kappa shape index (κ1) is 29.4. The van der Waals surface area contributed by atoms with Gasteiger partial charge in [0, 0.05) is 30.7 Å². The summed E-state index contributed by atoms with van der Waals surface area (Å²) in [6, 6.07) is 12.2. The third-order valence-electron chi connectivity index (χ3n) is 8.22. The van der Waals surface area contributed by atoms with Gasteiger partial charge in [-0.05, 0) is 99.4 Å². The van der Waals surface area contributed by atoms with Crippen molar-refractivity contribution in [3.63, 3.8) is 0 Å². The van der Waals surface area contributed by atoms with E-state index in [2.05, 4.69) is 50.1 Å². The van der Waals surface area contributed by atoms with E-state index in [1.165, 1.54) is 43.7 Å². The number of amides is 1. The van der Waals surface area contributed by atoms with Crippen molar-refractivity contribution in [2.75, 3.05) is 25.0 Å². The third kappa shape index (κ3) is 7.45. The maximum Gasteiger partial charge on any atom is 0.229 e. The molecule has 1 saturated carbocycles. The smallest absolute Gasteiger partial charge is 0.229 e. The van der Waals surface area contributed by atoms with E-state index in [0.29, 0.717) is 13.0 Å². The van der Waals surface area contributed by atoms with E-state index < -0.39 is 0 Å². The Bertz CT molecular complexity index is 1060. The first-order valence-electron chi connectivity index (χ1n) is 13.9. The summed E-state index contributed by atoms with van der Waals surface area (Å²) < 4.78 is 14.3. The molecule has 2 fully saturated rings. The number of anilines is 1. The summed E-state index contributed by atoms with van der Waals surface area (Å²) >= 11 is 0. The Morgan fingerprint density at radius 3 is 2.43 bits per heavy atom. The molecule has 4 rings (SSSR count). The number of hydrogen-bond donors (Lipinski definition) is 0. The zero-order valence-electron chi connectivity index (χ0n) is 23.0. The minimum Gasteiger partial charge on any atom is -0.311 e. The van der Waals surface area contributed by atoms with Gasteiger partial charge in [0.1, 0.15) is 5.82 Å². The molecule has 2 aliphatic rings. The van der Waals surface area contributed by atoms with Gasteiger partial charge in [-0.1, -0.05) is 56.5 Å². The van der Waals surface area contributed by atoms with Crippen molar-refractivity contribution >= 4 is 30.1 Å². The van der Waals surface area contributed by atoms with E-state index >= 15 is 0 Å². The fraction of sp³-hybridized carbons (Fsp3) is 0.531. The van der Waals surface area contributed by atoms with Crippen LogP contribution in [0.3, 0.4) is 0 Å². The molecule has 2 aromatic carbocycles. The molecule has 1 aliphatic heterocycles. The number of hydrogen-bond acceptors (Lipinski definition) is 2. The summed E-state index contributed by atoms with van der Waals surface area (Å²) in [6.45, 7) is 7.96. The number of halogens is 2. The standard InChI is InChI=1S/C32H43FN2O.ClH/c1-23-18-26(12-10-11-17-34(4)29-14-6-5-7-15-29)19-24(2)31(23)35-22-27(20-25(3)32(35)36)21-28-13-8-9-16-30(28)33;/h8-10,12-13,16,18-19,25,27,29H,5-7,11,14-15,17,20-22H2,1-4H3;1H/b12-10+;/t25-,27-;/m1./s1. The molecule has 2 atom stereocenters. The number of aryl methyl sites for hydroxylation is 2. The fourth-order valence-corrected chi connectivity index (χ4v) is 6.33. The van der Waals surface area contributed by atoms with E-state index in [0.717, 1.165) is 47.8 Å². The number of nitrogens with zero attached hydrogens (tertiary/aromatic N) is 2. The van der Waals surface area contributed by atoms with Gasteiger partial charge in [-0.25, -0.2) is 4.39 Å². The van der Waals surface area contributed by atoms with Crippen LogP contribution < -0.4 is 4.90 Å². The Morgan fingerprint density at radius 1 is 1.08 bits per heavy atom. The minimum atomic E-state index is -0.151. The van der Waals surface area contributed by atoms with Crippen LogP contribution in [0.2, 0.25) is 0 Å². The van der Waals surface area contributed by atoms with Crippen molar-refractivity contribution in [2.45, 2.75) is 78.2 Å². The van der Waals surface area contributed by atoms with Crippen LogP contribution in [0.4, 0.5) is 10.1 Å². The Balaban J connectivity index is 0.00000380. The predicted molar refractivity (Wildman–Crippen MR) is 156 cm³/mol. The molecule has 37 heavy (non-hydrogen) atoms. The van der Waals surface area contributed by atoms with Crippen molar-refractivity contribution in [1.29, 1.82) is 0 Å².